The summed E-state index contributed by atoms with van der Waals surface area (Å²) in [6.07, 6.45) is 0.141. The Balaban J connectivity index is 1.42. The summed E-state index contributed by atoms with van der Waals surface area (Å²) in [4.78, 5) is 41.2. The predicted octanol–water partition coefficient (Wildman–Crippen LogP) is 6.93. The molecule has 0 fully saturated rings. The molecule has 6 nitrogen and oxygen atoms in total. The molecule has 37 heavy (non-hydrogen) atoms. The van der Waals surface area contributed by atoms with Crippen molar-refractivity contribution < 1.29 is 14.4 Å². The van der Waals surface area contributed by atoms with Crippen molar-refractivity contribution in [2.24, 2.45) is 5.10 Å². The third-order valence-electron chi connectivity index (χ3n) is 6.54. The number of anilines is 1. The van der Waals surface area contributed by atoms with E-state index in [1.165, 1.54) is 0 Å². The molecule has 0 spiro atoms. The van der Waals surface area contributed by atoms with E-state index >= 15 is 0 Å². The molecule has 1 unspecified atom stereocenters. The molecule has 0 N–H and O–H groups in total. The molecule has 4 aromatic rings. The fourth-order valence-electron chi connectivity index (χ4n) is 4.82. The number of amides is 3. The minimum atomic E-state index is -0.770. The lowest BCUT2D eigenvalue weighted by atomic mass is 9.93. The molecule has 0 saturated heterocycles. The van der Waals surface area contributed by atoms with Crippen LogP contribution in [0.5, 0.6) is 0 Å². The highest BCUT2D eigenvalue weighted by Crippen LogP contribution is 2.40. The summed E-state index contributed by atoms with van der Waals surface area (Å²) in [7, 11) is 0. The van der Waals surface area contributed by atoms with E-state index in [4.69, 9.17) is 34.8 Å². The van der Waals surface area contributed by atoms with Crippen LogP contribution in [0, 0.1) is 0 Å². The number of imide groups is 3. The van der Waals surface area contributed by atoms with Crippen molar-refractivity contribution in [1.82, 2.24) is 4.90 Å². The molecule has 4 aromatic carbocycles. The maximum Gasteiger partial charge on any atom is 0.284 e. The summed E-state index contributed by atoms with van der Waals surface area (Å²) in [6, 6.07) is 22.0. The monoisotopic (exact) mass is 547 g/mol. The molecule has 0 aliphatic carbocycles. The van der Waals surface area contributed by atoms with E-state index in [9.17, 15) is 14.4 Å². The Kier molecular flexibility index (Phi) is 5.75. The molecule has 0 radical (unpaired) electrons. The van der Waals surface area contributed by atoms with Crippen LogP contribution in [0.3, 0.4) is 0 Å². The molecule has 0 aromatic heterocycles. The number of carbonyl (C=O) groups is 3. The average Bonchev–Trinajstić information content (AvgIpc) is 3.33. The highest BCUT2D eigenvalue weighted by atomic mass is 35.5. The van der Waals surface area contributed by atoms with Gasteiger partial charge >= 0.3 is 0 Å². The normalized spacial score (nSPS) is 16.9. The zero-order chi connectivity index (χ0) is 25.8. The molecule has 182 valence electrons. The molecular weight excluding hydrogens is 533 g/mol. The van der Waals surface area contributed by atoms with Crippen molar-refractivity contribution in [3.05, 3.63) is 111 Å². The Morgan fingerprint density at radius 1 is 0.811 bits per heavy atom. The number of carbonyl (C=O) groups excluding carboxylic acids is 3. The van der Waals surface area contributed by atoms with Crippen LogP contribution < -0.4 is 5.01 Å². The summed E-state index contributed by atoms with van der Waals surface area (Å²) < 4.78 is 0. The molecule has 2 aliphatic heterocycles. The van der Waals surface area contributed by atoms with Gasteiger partial charge in [-0.25, -0.2) is 4.90 Å². The van der Waals surface area contributed by atoms with Gasteiger partial charge in [0.05, 0.1) is 16.8 Å². The third-order valence-corrected chi connectivity index (χ3v) is 7.33. The Bertz CT molecular complexity index is 1620. The molecule has 0 bridgehead atoms. The van der Waals surface area contributed by atoms with Gasteiger partial charge < -0.3 is 0 Å². The topological polar surface area (TPSA) is 70.1 Å². The van der Waals surface area contributed by atoms with Crippen LogP contribution in [0.1, 0.15) is 38.7 Å². The maximum atomic E-state index is 13.7. The van der Waals surface area contributed by atoms with Gasteiger partial charge in [0.1, 0.15) is 5.71 Å². The van der Waals surface area contributed by atoms with Gasteiger partial charge in [0.15, 0.2) is 0 Å². The van der Waals surface area contributed by atoms with Gasteiger partial charge in [-0.15, -0.1) is 0 Å². The van der Waals surface area contributed by atoms with E-state index in [1.54, 1.807) is 59.6 Å². The van der Waals surface area contributed by atoms with Crippen LogP contribution in [0.2, 0.25) is 15.1 Å². The van der Waals surface area contributed by atoms with Crippen molar-refractivity contribution in [2.45, 2.75) is 12.5 Å². The maximum absolute atomic E-state index is 13.7. The molecular formula is C28H16Cl3N3O3. The van der Waals surface area contributed by atoms with Gasteiger partial charge in [0.25, 0.3) is 17.7 Å². The van der Waals surface area contributed by atoms with Crippen LogP contribution in [0.25, 0.3) is 10.8 Å². The number of hydrogen-bond acceptors (Lipinski definition) is 5. The zero-order valence-corrected chi connectivity index (χ0v) is 21.3. The fraction of sp³-hybridized carbons (Fsp3) is 0.0714. The highest BCUT2D eigenvalue weighted by Gasteiger charge is 2.42. The number of halogens is 3. The number of benzene rings is 4. The summed E-state index contributed by atoms with van der Waals surface area (Å²) >= 11 is 18.7. The van der Waals surface area contributed by atoms with Crippen molar-refractivity contribution in [1.29, 1.82) is 0 Å². The van der Waals surface area contributed by atoms with Gasteiger partial charge in [-0.3, -0.25) is 19.4 Å². The number of hydrazone groups is 1. The molecule has 3 amide bonds. The van der Waals surface area contributed by atoms with E-state index < -0.39 is 23.8 Å². The van der Waals surface area contributed by atoms with E-state index in [0.29, 0.717) is 42.2 Å². The van der Waals surface area contributed by atoms with Crippen molar-refractivity contribution >= 4 is 74.7 Å². The summed E-state index contributed by atoms with van der Waals surface area (Å²) in [5.41, 5.74) is 2.01. The van der Waals surface area contributed by atoms with Crippen molar-refractivity contribution in [2.75, 3.05) is 5.01 Å². The summed E-state index contributed by atoms with van der Waals surface area (Å²) in [5, 5.41) is 8.85. The first-order chi connectivity index (χ1) is 17.8. The van der Waals surface area contributed by atoms with Crippen molar-refractivity contribution in [3.8, 4) is 0 Å². The highest BCUT2D eigenvalue weighted by molar-refractivity contribution is 6.48. The first-order valence-electron chi connectivity index (χ1n) is 11.4. The van der Waals surface area contributed by atoms with E-state index in [2.05, 4.69) is 5.10 Å². The van der Waals surface area contributed by atoms with Crippen molar-refractivity contribution in [3.63, 3.8) is 0 Å². The second-order valence-corrected chi connectivity index (χ2v) is 10.00. The van der Waals surface area contributed by atoms with Gasteiger partial charge in [-0.1, -0.05) is 71.2 Å². The smallest absolute Gasteiger partial charge is 0.268 e. The van der Waals surface area contributed by atoms with Crippen LogP contribution in [-0.4, -0.2) is 28.3 Å². The molecule has 1 atom stereocenters. The number of hydrogen-bond donors (Lipinski definition) is 0. The van der Waals surface area contributed by atoms with Crippen LogP contribution >= 0.6 is 34.8 Å². The van der Waals surface area contributed by atoms with Gasteiger partial charge in [-0.2, -0.15) is 5.10 Å². The molecule has 2 aliphatic rings. The minimum absolute atomic E-state index is 0.0548. The van der Waals surface area contributed by atoms with Crippen LogP contribution in [0.4, 0.5) is 5.69 Å². The molecule has 6 rings (SSSR count). The minimum Gasteiger partial charge on any atom is -0.268 e. The zero-order valence-electron chi connectivity index (χ0n) is 19.0. The van der Waals surface area contributed by atoms with E-state index in [-0.39, 0.29) is 12.1 Å². The lowest BCUT2D eigenvalue weighted by Gasteiger charge is -2.25. The van der Waals surface area contributed by atoms with Gasteiger partial charge in [0.2, 0.25) is 0 Å². The standard InChI is InChI=1S/C28H16Cl3N3O3/c29-17-9-7-15(8-10-17)24-14-22(32-34(24)23-12-11-18(30)13-21(23)31)28(37)33-26(35)19-5-1-3-16-4-2-6-20(25(16)19)27(33)36/h1-13,24H,14H2. The largest absolute Gasteiger partial charge is 0.284 e. The second-order valence-electron chi connectivity index (χ2n) is 8.72. The van der Waals surface area contributed by atoms with Crippen LogP contribution in [0.15, 0.2) is 84.0 Å². The Morgan fingerprint density at radius 3 is 2.05 bits per heavy atom. The van der Waals surface area contributed by atoms with Gasteiger partial charge in [-0.05, 0) is 53.4 Å². The Hall–Kier alpha value is -3.71. The van der Waals surface area contributed by atoms with E-state index in [0.717, 1.165) is 10.9 Å². The first kappa shape index (κ1) is 23.7. The average molecular weight is 549 g/mol. The summed E-state index contributed by atoms with van der Waals surface area (Å²) in [6.45, 7) is 0. The Labute approximate surface area is 226 Å². The number of rotatable bonds is 3. The lowest BCUT2D eigenvalue weighted by Crippen LogP contribution is -2.47. The first-order valence-corrected chi connectivity index (χ1v) is 12.5. The third kappa shape index (κ3) is 3.89. The second kappa shape index (κ2) is 8.99. The van der Waals surface area contributed by atoms with Gasteiger partial charge in [0, 0.05) is 33.0 Å². The van der Waals surface area contributed by atoms with E-state index in [1.807, 2.05) is 24.3 Å². The Morgan fingerprint density at radius 2 is 1.43 bits per heavy atom. The van der Waals surface area contributed by atoms with Crippen LogP contribution in [-0.2, 0) is 4.79 Å². The lowest BCUT2D eigenvalue weighted by molar-refractivity contribution is -0.119. The molecule has 0 saturated carbocycles. The SMILES string of the molecule is O=C(C1=NN(c2ccc(Cl)cc2Cl)C(c2ccc(Cl)cc2)C1)N1C(=O)c2cccc3cccc(c23)C1=O. The predicted molar refractivity (Wildman–Crippen MR) is 145 cm³/mol. The fourth-order valence-corrected chi connectivity index (χ4v) is 5.44. The quantitative estimate of drug-likeness (QED) is 0.260. The molecule has 9 heteroatoms. The number of nitrogens with zero attached hydrogens (tertiary/aromatic N) is 3. The molecule has 2 heterocycles. The summed E-state index contributed by atoms with van der Waals surface area (Å²) in [5.74, 6) is -2.12.